The summed E-state index contributed by atoms with van der Waals surface area (Å²) in [7, 11) is 0. The van der Waals surface area contributed by atoms with Crippen LogP contribution in [-0.4, -0.2) is 39.5 Å². The van der Waals surface area contributed by atoms with E-state index < -0.39 is 29.3 Å². The van der Waals surface area contributed by atoms with Gasteiger partial charge in [0.2, 0.25) is 0 Å². The fourth-order valence-corrected chi connectivity index (χ4v) is 1.51. The monoisotopic (exact) mass is 200 g/mol. The van der Waals surface area contributed by atoms with E-state index in [4.69, 9.17) is 27.9 Å². The summed E-state index contributed by atoms with van der Waals surface area (Å²) >= 11 is 11.0. The Hall–Kier alpha value is 0.460. The third kappa shape index (κ3) is 1.79. The molecule has 0 aromatic heterocycles. The van der Waals surface area contributed by atoms with Crippen molar-refractivity contribution in [3.63, 3.8) is 0 Å². The van der Waals surface area contributed by atoms with Crippen LogP contribution in [0.3, 0.4) is 0 Å². The van der Waals surface area contributed by atoms with E-state index in [9.17, 15) is 10.2 Å². The molecule has 0 aromatic carbocycles. The summed E-state index contributed by atoms with van der Waals surface area (Å²) in [6.07, 6.45) is -2.96. The SMILES string of the molecule is CC1O[C@H](C(Cl)Cl)[C@@H](O)[C@@H]1O. The van der Waals surface area contributed by atoms with Crippen LogP contribution in [0.1, 0.15) is 6.92 Å². The first-order valence-corrected chi connectivity index (χ1v) is 4.21. The lowest BCUT2D eigenvalue weighted by Crippen LogP contribution is -2.34. The molecule has 5 heteroatoms. The number of alkyl halides is 2. The summed E-state index contributed by atoms with van der Waals surface area (Å²) < 4.78 is 5.08. The van der Waals surface area contributed by atoms with Gasteiger partial charge >= 0.3 is 0 Å². The average Bonchev–Trinajstić information content (AvgIpc) is 2.17. The van der Waals surface area contributed by atoms with Crippen molar-refractivity contribution in [3.05, 3.63) is 0 Å². The number of aliphatic hydroxyl groups is 2. The van der Waals surface area contributed by atoms with Gasteiger partial charge < -0.3 is 14.9 Å². The van der Waals surface area contributed by atoms with Crippen molar-refractivity contribution in [2.45, 2.75) is 36.2 Å². The molecule has 0 spiro atoms. The van der Waals surface area contributed by atoms with Crippen molar-refractivity contribution in [1.82, 2.24) is 0 Å². The molecule has 1 saturated heterocycles. The van der Waals surface area contributed by atoms with E-state index in [1.165, 1.54) is 0 Å². The van der Waals surface area contributed by atoms with Crippen molar-refractivity contribution in [2.24, 2.45) is 0 Å². The Morgan fingerprint density at radius 2 is 1.82 bits per heavy atom. The molecule has 1 aliphatic rings. The molecule has 1 aliphatic heterocycles. The second kappa shape index (κ2) is 3.46. The molecule has 0 saturated carbocycles. The summed E-state index contributed by atoms with van der Waals surface area (Å²) in [5.74, 6) is 0. The molecular weight excluding hydrogens is 191 g/mol. The van der Waals surface area contributed by atoms with Crippen molar-refractivity contribution < 1.29 is 14.9 Å². The normalized spacial score (nSPS) is 45.3. The Morgan fingerprint density at radius 3 is 2.00 bits per heavy atom. The van der Waals surface area contributed by atoms with Crippen molar-refractivity contribution >= 4 is 23.2 Å². The first-order chi connectivity index (χ1) is 5.04. The summed E-state index contributed by atoms with van der Waals surface area (Å²) in [5.41, 5.74) is 0. The van der Waals surface area contributed by atoms with Crippen molar-refractivity contribution in [2.75, 3.05) is 0 Å². The van der Waals surface area contributed by atoms with E-state index in [0.717, 1.165) is 0 Å². The van der Waals surface area contributed by atoms with Gasteiger partial charge in [0.05, 0.1) is 6.10 Å². The van der Waals surface area contributed by atoms with Crippen molar-refractivity contribution in [1.29, 1.82) is 0 Å². The van der Waals surface area contributed by atoms with E-state index in [-0.39, 0.29) is 0 Å². The van der Waals surface area contributed by atoms with Gasteiger partial charge in [0.25, 0.3) is 0 Å². The zero-order chi connectivity index (χ0) is 8.59. The highest BCUT2D eigenvalue weighted by atomic mass is 35.5. The van der Waals surface area contributed by atoms with Crippen LogP contribution in [0.5, 0.6) is 0 Å². The fraction of sp³-hybridized carbons (Fsp3) is 1.00. The Kier molecular flexibility index (Phi) is 3.00. The lowest BCUT2D eigenvalue weighted by atomic mass is 10.1. The molecule has 0 amide bonds. The summed E-state index contributed by atoms with van der Waals surface area (Å²) in [6.45, 7) is 1.66. The van der Waals surface area contributed by atoms with Gasteiger partial charge in [-0.15, -0.1) is 23.2 Å². The fourth-order valence-electron chi connectivity index (χ4n) is 1.09. The Bertz CT molecular complexity index is 142. The van der Waals surface area contributed by atoms with Crippen LogP contribution >= 0.6 is 23.2 Å². The van der Waals surface area contributed by atoms with Crippen molar-refractivity contribution in [3.8, 4) is 0 Å². The number of ether oxygens (including phenoxy) is 1. The van der Waals surface area contributed by atoms with Gasteiger partial charge in [-0.25, -0.2) is 0 Å². The van der Waals surface area contributed by atoms with E-state index >= 15 is 0 Å². The highest BCUT2D eigenvalue weighted by molar-refractivity contribution is 6.44. The maximum Gasteiger partial charge on any atom is 0.136 e. The quantitative estimate of drug-likeness (QED) is 0.600. The maximum absolute atomic E-state index is 9.25. The van der Waals surface area contributed by atoms with E-state index in [1.54, 1.807) is 6.92 Å². The van der Waals surface area contributed by atoms with Crippen LogP contribution in [0.15, 0.2) is 0 Å². The van der Waals surface area contributed by atoms with E-state index in [0.29, 0.717) is 0 Å². The summed E-state index contributed by atoms with van der Waals surface area (Å²) in [5, 5.41) is 18.4. The molecule has 1 heterocycles. The standard InChI is InChI=1S/C6H10Cl2O3/c1-2-3(9)4(10)5(11-2)6(7)8/h2-6,9-10H,1H3/t2?,3-,4+,5+/m1/s1. The zero-order valence-corrected chi connectivity index (χ0v) is 7.46. The topological polar surface area (TPSA) is 49.7 Å². The highest BCUT2D eigenvalue weighted by Crippen LogP contribution is 2.27. The Morgan fingerprint density at radius 1 is 1.27 bits per heavy atom. The third-order valence-electron chi connectivity index (χ3n) is 1.79. The molecule has 0 bridgehead atoms. The highest BCUT2D eigenvalue weighted by Gasteiger charge is 2.43. The second-order valence-electron chi connectivity index (χ2n) is 2.62. The van der Waals surface area contributed by atoms with Gasteiger partial charge in [0, 0.05) is 0 Å². The van der Waals surface area contributed by atoms with Gasteiger partial charge in [-0.1, -0.05) is 0 Å². The molecular formula is C6H10Cl2O3. The van der Waals surface area contributed by atoms with Crippen LogP contribution in [0, 0.1) is 0 Å². The number of aliphatic hydroxyl groups excluding tert-OH is 2. The lowest BCUT2D eigenvalue weighted by Gasteiger charge is -2.14. The van der Waals surface area contributed by atoms with Crippen LogP contribution in [0.25, 0.3) is 0 Å². The van der Waals surface area contributed by atoms with Gasteiger partial charge in [-0.2, -0.15) is 0 Å². The average molecular weight is 201 g/mol. The number of rotatable bonds is 1. The largest absolute Gasteiger partial charge is 0.388 e. The first-order valence-electron chi connectivity index (χ1n) is 3.33. The van der Waals surface area contributed by atoms with E-state index in [2.05, 4.69) is 0 Å². The molecule has 66 valence electrons. The number of halogens is 2. The predicted octanol–water partition coefficient (Wildman–Crippen LogP) is 0.299. The maximum atomic E-state index is 9.25. The smallest absolute Gasteiger partial charge is 0.136 e. The predicted molar refractivity (Wildman–Crippen MR) is 41.8 cm³/mol. The summed E-state index contributed by atoms with van der Waals surface area (Å²) in [6, 6.07) is 0. The number of hydrogen-bond donors (Lipinski definition) is 2. The molecule has 0 aliphatic carbocycles. The minimum atomic E-state index is -0.981. The molecule has 2 N–H and O–H groups in total. The van der Waals surface area contributed by atoms with Gasteiger partial charge in [0.15, 0.2) is 0 Å². The van der Waals surface area contributed by atoms with Gasteiger partial charge in [-0.3, -0.25) is 0 Å². The minimum Gasteiger partial charge on any atom is -0.388 e. The van der Waals surface area contributed by atoms with Crippen LogP contribution in [0.2, 0.25) is 0 Å². The lowest BCUT2D eigenvalue weighted by molar-refractivity contribution is 0.0249. The second-order valence-corrected chi connectivity index (χ2v) is 3.79. The molecule has 1 unspecified atom stereocenters. The zero-order valence-electron chi connectivity index (χ0n) is 5.95. The van der Waals surface area contributed by atoms with Crippen LogP contribution in [0.4, 0.5) is 0 Å². The molecule has 0 radical (unpaired) electrons. The third-order valence-corrected chi connectivity index (χ3v) is 2.28. The van der Waals surface area contributed by atoms with Gasteiger partial charge in [-0.05, 0) is 6.92 Å². The van der Waals surface area contributed by atoms with Gasteiger partial charge in [0.1, 0.15) is 23.1 Å². The molecule has 4 atom stereocenters. The molecule has 1 rings (SSSR count). The Balaban J connectivity index is 2.59. The van der Waals surface area contributed by atoms with E-state index in [1.807, 2.05) is 0 Å². The molecule has 11 heavy (non-hydrogen) atoms. The number of hydrogen-bond acceptors (Lipinski definition) is 3. The van der Waals surface area contributed by atoms with Crippen LogP contribution in [-0.2, 0) is 4.74 Å². The molecule has 0 aromatic rings. The Labute approximate surface area is 74.9 Å². The first kappa shape index (κ1) is 9.55. The minimum absolute atomic E-state index is 0.407. The van der Waals surface area contributed by atoms with Crippen LogP contribution < -0.4 is 0 Å². The molecule has 1 fully saturated rings. The molecule has 3 nitrogen and oxygen atoms in total. The summed E-state index contributed by atoms with van der Waals surface area (Å²) in [4.78, 5) is -0.801.